The van der Waals surface area contributed by atoms with Gasteiger partial charge in [-0.3, -0.25) is 9.69 Å². The molecule has 0 bridgehead atoms. The van der Waals surface area contributed by atoms with Crippen LogP contribution in [-0.4, -0.2) is 56.5 Å². The highest BCUT2D eigenvalue weighted by molar-refractivity contribution is 5.94. The molecule has 3 rings (SSSR count). The average Bonchev–Trinajstić information content (AvgIpc) is 3.06. The van der Waals surface area contributed by atoms with E-state index in [0.29, 0.717) is 35.6 Å². The first-order valence-corrected chi connectivity index (χ1v) is 8.63. The zero-order valence-corrected chi connectivity index (χ0v) is 14.4. The number of hydrogen-bond acceptors (Lipinski definition) is 5. The fourth-order valence-corrected chi connectivity index (χ4v) is 3.20. The third-order valence-corrected chi connectivity index (χ3v) is 4.44. The highest BCUT2D eigenvalue weighted by Crippen LogP contribution is 2.32. The average molecular weight is 334 g/mol. The van der Waals surface area contributed by atoms with Gasteiger partial charge in [0.25, 0.3) is 5.91 Å². The molecule has 1 atom stereocenters. The number of rotatable bonds is 6. The Morgan fingerprint density at radius 1 is 1.21 bits per heavy atom. The van der Waals surface area contributed by atoms with Crippen molar-refractivity contribution < 1.29 is 19.0 Å². The summed E-state index contributed by atoms with van der Waals surface area (Å²) in [6.45, 7) is 8.68. The molecule has 2 heterocycles. The van der Waals surface area contributed by atoms with Gasteiger partial charge in [-0.1, -0.05) is 13.8 Å². The summed E-state index contributed by atoms with van der Waals surface area (Å²) in [7, 11) is 0. The molecule has 132 valence electrons. The normalized spacial score (nSPS) is 18.6. The molecule has 2 aliphatic heterocycles. The number of nitrogens with one attached hydrogen (secondary N) is 1. The van der Waals surface area contributed by atoms with Gasteiger partial charge in [0.15, 0.2) is 11.5 Å². The second-order valence-corrected chi connectivity index (χ2v) is 6.71. The van der Waals surface area contributed by atoms with Gasteiger partial charge in [0.2, 0.25) is 6.79 Å². The summed E-state index contributed by atoms with van der Waals surface area (Å²) in [5.41, 5.74) is 0.601. The number of benzene rings is 1. The maximum absolute atomic E-state index is 12.5. The molecule has 1 saturated heterocycles. The van der Waals surface area contributed by atoms with E-state index in [1.54, 1.807) is 18.2 Å². The number of ether oxygens (including phenoxy) is 3. The van der Waals surface area contributed by atoms with Gasteiger partial charge in [-0.05, 0) is 30.5 Å². The number of carbonyl (C=O) groups is 1. The van der Waals surface area contributed by atoms with E-state index in [9.17, 15) is 4.79 Å². The maximum atomic E-state index is 12.5. The molecule has 1 unspecified atom stereocenters. The van der Waals surface area contributed by atoms with E-state index in [-0.39, 0.29) is 12.7 Å². The second-order valence-electron chi connectivity index (χ2n) is 6.71. The maximum Gasteiger partial charge on any atom is 0.251 e. The van der Waals surface area contributed by atoms with Crippen molar-refractivity contribution in [3.63, 3.8) is 0 Å². The van der Waals surface area contributed by atoms with E-state index in [2.05, 4.69) is 24.1 Å². The van der Waals surface area contributed by atoms with E-state index < -0.39 is 0 Å². The fraction of sp³-hybridized carbons (Fsp3) is 0.611. The molecule has 0 spiro atoms. The lowest BCUT2D eigenvalue weighted by Gasteiger charge is -2.35. The number of carbonyl (C=O) groups excluding carboxylic acids is 1. The topological polar surface area (TPSA) is 60.0 Å². The van der Waals surface area contributed by atoms with Crippen molar-refractivity contribution in [1.29, 1.82) is 0 Å². The van der Waals surface area contributed by atoms with Gasteiger partial charge in [-0.25, -0.2) is 0 Å². The molecule has 0 aromatic heterocycles. The summed E-state index contributed by atoms with van der Waals surface area (Å²) in [6.07, 6.45) is 1.06. The summed E-state index contributed by atoms with van der Waals surface area (Å²) < 4.78 is 16.1. The number of nitrogens with zero attached hydrogens (tertiary/aromatic N) is 1. The highest BCUT2D eigenvalue weighted by Gasteiger charge is 2.23. The van der Waals surface area contributed by atoms with Crippen LogP contribution in [-0.2, 0) is 4.74 Å². The minimum atomic E-state index is -0.0738. The predicted octanol–water partition coefficient (Wildman–Crippen LogP) is 1.89. The van der Waals surface area contributed by atoms with E-state index in [0.717, 1.165) is 32.7 Å². The van der Waals surface area contributed by atoms with Gasteiger partial charge in [0.05, 0.1) is 13.2 Å². The Morgan fingerprint density at radius 2 is 1.96 bits per heavy atom. The summed E-state index contributed by atoms with van der Waals surface area (Å²) in [5.74, 6) is 1.84. The molecule has 1 amide bonds. The lowest BCUT2D eigenvalue weighted by Crippen LogP contribution is -2.49. The summed E-state index contributed by atoms with van der Waals surface area (Å²) in [6, 6.07) is 5.64. The number of amides is 1. The van der Waals surface area contributed by atoms with E-state index in [1.807, 2.05) is 0 Å². The van der Waals surface area contributed by atoms with Crippen molar-refractivity contribution in [2.24, 2.45) is 5.92 Å². The Balaban J connectivity index is 1.59. The molecule has 1 aromatic carbocycles. The molecule has 1 aromatic rings. The van der Waals surface area contributed by atoms with Gasteiger partial charge in [-0.2, -0.15) is 0 Å². The van der Waals surface area contributed by atoms with Crippen LogP contribution in [0.2, 0.25) is 0 Å². The van der Waals surface area contributed by atoms with Crippen LogP contribution in [0.5, 0.6) is 11.5 Å². The third-order valence-electron chi connectivity index (χ3n) is 4.44. The van der Waals surface area contributed by atoms with Crippen LogP contribution in [0, 0.1) is 5.92 Å². The summed E-state index contributed by atoms with van der Waals surface area (Å²) in [5, 5.41) is 3.08. The Labute approximate surface area is 143 Å². The molecule has 6 heteroatoms. The molecular weight excluding hydrogens is 308 g/mol. The van der Waals surface area contributed by atoms with Crippen molar-refractivity contribution in [3.05, 3.63) is 23.8 Å². The minimum absolute atomic E-state index is 0.0738. The largest absolute Gasteiger partial charge is 0.454 e. The van der Waals surface area contributed by atoms with E-state index >= 15 is 0 Å². The van der Waals surface area contributed by atoms with Gasteiger partial charge in [0.1, 0.15) is 0 Å². The first-order valence-electron chi connectivity index (χ1n) is 8.63. The Hall–Kier alpha value is -1.79. The SMILES string of the molecule is CC(C)CC(CNC(=O)c1ccc2c(c1)OCO2)N1CCOCC1. The molecule has 6 nitrogen and oxygen atoms in total. The second kappa shape index (κ2) is 7.85. The standard InChI is InChI=1S/C18H26N2O4/c1-13(2)9-15(20-5-7-22-8-6-20)11-19-18(21)14-3-4-16-17(10-14)24-12-23-16/h3-4,10,13,15H,5-9,11-12H2,1-2H3,(H,19,21). The van der Waals surface area contributed by atoms with Crippen molar-refractivity contribution in [2.75, 3.05) is 39.6 Å². The monoisotopic (exact) mass is 334 g/mol. The van der Waals surface area contributed by atoms with E-state index in [4.69, 9.17) is 14.2 Å². The van der Waals surface area contributed by atoms with Crippen LogP contribution in [0.1, 0.15) is 30.6 Å². The number of morpholine rings is 1. The van der Waals surface area contributed by atoms with Gasteiger partial charge in [-0.15, -0.1) is 0 Å². The molecule has 24 heavy (non-hydrogen) atoms. The predicted molar refractivity (Wildman–Crippen MR) is 90.5 cm³/mol. The highest BCUT2D eigenvalue weighted by atomic mass is 16.7. The summed E-state index contributed by atoms with van der Waals surface area (Å²) >= 11 is 0. The van der Waals surface area contributed by atoms with Crippen LogP contribution in [0.25, 0.3) is 0 Å². The smallest absolute Gasteiger partial charge is 0.251 e. The van der Waals surface area contributed by atoms with Gasteiger partial charge in [0, 0.05) is 31.2 Å². The van der Waals surface area contributed by atoms with Gasteiger partial charge < -0.3 is 19.5 Å². The van der Waals surface area contributed by atoms with Crippen molar-refractivity contribution in [3.8, 4) is 11.5 Å². The molecule has 0 saturated carbocycles. The zero-order chi connectivity index (χ0) is 16.9. The number of hydrogen-bond donors (Lipinski definition) is 1. The van der Waals surface area contributed by atoms with Crippen LogP contribution < -0.4 is 14.8 Å². The van der Waals surface area contributed by atoms with Crippen LogP contribution in [0.4, 0.5) is 0 Å². The summed E-state index contributed by atoms with van der Waals surface area (Å²) in [4.78, 5) is 14.9. The lowest BCUT2D eigenvalue weighted by molar-refractivity contribution is 0.0124. The Morgan fingerprint density at radius 3 is 2.71 bits per heavy atom. The van der Waals surface area contributed by atoms with Crippen molar-refractivity contribution >= 4 is 5.91 Å². The van der Waals surface area contributed by atoms with Crippen LogP contribution in [0.15, 0.2) is 18.2 Å². The zero-order valence-electron chi connectivity index (χ0n) is 14.4. The van der Waals surface area contributed by atoms with Crippen molar-refractivity contribution in [2.45, 2.75) is 26.3 Å². The fourth-order valence-electron chi connectivity index (χ4n) is 3.20. The molecule has 0 radical (unpaired) electrons. The quantitative estimate of drug-likeness (QED) is 0.861. The van der Waals surface area contributed by atoms with Crippen molar-refractivity contribution in [1.82, 2.24) is 10.2 Å². The Bertz CT molecular complexity index is 570. The molecule has 1 fully saturated rings. The first-order chi connectivity index (χ1) is 11.6. The molecule has 1 N–H and O–H groups in total. The third kappa shape index (κ3) is 4.19. The number of fused-ring (bicyclic) bond motifs is 1. The lowest BCUT2D eigenvalue weighted by atomic mass is 10.0. The van der Waals surface area contributed by atoms with Crippen LogP contribution >= 0.6 is 0 Å². The molecule has 2 aliphatic rings. The minimum Gasteiger partial charge on any atom is -0.454 e. The van der Waals surface area contributed by atoms with E-state index in [1.165, 1.54) is 0 Å². The molecule has 0 aliphatic carbocycles. The molecular formula is C18H26N2O4. The first kappa shape index (κ1) is 17.0. The Kier molecular flexibility index (Phi) is 5.58. The van der Waals surface area contributed by atoms with Crippen LogP contribution in [0.3, 0.4) is 0 Å². The van der Waals surface area contributed by atoms with Gasteiger partial charge >= 0.3 is 0 Å².